The van der Waals surface area contributed by atoms with Crippen LogP contribution in [0.15, 0.2) is 41.5 Å². The number of hydrogen-bond acceptors (Lipinski definition) is 6. The lowest BCUT2D eigenvalue weighted by atomic mass is 9.68. The van der Waals surface area contributed by atoms with E-state index in [1.54, 1.807) is 23.9 Å². The monoisotopic (exact) mass is 385 g/mol. The summed E-state index contributed by atoms with van der Waals surface area (Å²) in [6, 6.07) is 9.15. The van der Waals surface area contributed by atoms with E-state index in [0.29, 0.717) is 17.2 Å². The standard InChI is InChI=1S/C20H20FN3O2S/c21-18-13(2-1-7-23-18)11-3-6-16-15(8-11)20(10-27-19(22)24-20)14-5-4-12(25)9-17(14)26-16/h1-3,6-8,12,14,17,25H,4-5,9-10H2,(H2,22,24)/t12?,14?,17-,20?/m1/s1. The zero-order chi connectivity index (χ0) is 18.6. The summed E-state index contributed by atoms with van der Waals surface area (Å²) in [7, 11) is 0. The predicted octanol–water partition coefficient (Wildman–Crippen LogP) is 3.07. The zero-order valence-corrected chi connectivity index (χ0v) is 15.5. The van der Waals surface area contributed by atoms with E-state index in [9.17, 15) is 9.50 Å². The largest absolute Gasteiger partial charge is 0.490 e. The highest BCUT2D eigenvalue weighted by Gasteiger charge is 2.54. The molecule has 1 saturated carbocycles. The van der Waals surface area contributed by atoms with Crippen LogP contribution in [0, 0.1) is 11.9 Å². The van der Waals surface area contributed by atoms with Gasteiger partial charge in [-0.25, -0.2) is 9.98 Å². The van der Waals surface area contributed by atoms with Crippen LogP contribution >= 0.6 is 11.8 Å². The molecule has 2 aliphatic heterocycles. The molecule has 4 atom stereocenters. The third kappa shape index (κ3) is 2.63. The smallest absolute Gasteiger partial charge is 0.220 e. The van der Waals surface area contributed by atoms with Crippen LogP contribution in [-0.4, -0.2) is 33.2 Å². The number of halogens is 1. The Kier molecular flexibility index (Phi) is 3.91. The number of aromatic nitrogens is 1. The van der Waals surface area contributed by atoms with Crippen LogP contribution in [0.3, 0.4) is 0 Å². The quantitative estimate of drug-likeness (QED) is 0.738. The number of pyridine rings is 1. The molecule has 5 nitrogen and oxygen atoms in total. The average molecular weight is 385 g/mol. The number of aliphatic hydroxyl groups is 1. The van der Waals surface area contributed by atoms with Crippen LogP contribution in [-0.2, 0) is 5.54 Å². The Morgan fingerprint density at radius 2 is 2.19 bits per heavy atom. The summed E-state index contributed by atoms with van der Waals surface area (Å²) in [5.41, 5.74) is 7.75. The molecule has 1 aromatic heterocycles. The van der Waals surface area contributed by atoms with Crippen LogP contribution in [0.1, 0.15) is 24.8 Å². The molecule has 0 saturated heterocycles. The van der Waals surface area contributed by atoms with Crippen molar-refractivity contribution in [2.24, 2.45) is 16.6 Å². The van der Waals surface area contributed by atoms with Gasteiger partial charge in [0.15, 0.2) is 5.17 Å². The second-order valence-electron chi connectivity index (χ2n) is 7.45. The molecule has 1 spiro atoms. The minimum Gasteiger partial charge on any atom is -0.490 e. The maximum atomic E-state index is 14.2. The van der Waals surface area contributed by atoms with Crippen molar-refractivity contribution in [3.8, 4) is 16.9 Å². The molecule has 3 heterocycles. The lowest BCUT2D eigenvalue weighted by Gasteiger charge is -2.48. The Hall–Kier alpha value is -2.12. The molecule has 0 amide bonds. The fourth-order valence-corrected chi connectivity index (χ4v) is 5.69. The second kappa shape index (κ2) is 6.21. The minimum atomic E-state index is -0.495. The van der Waals surface area contributed by atoms with E-state index >= 15 is 0 Å². The minimum absolute atomic E-state index is 0.0857. The Balaban J connectivity index is 1.67. The van der Waals surface area contributed by atoms with Gasteiger partial charge < -0.3 is 15.6 Å². The van der Waals surface area contributed by atoms with Crippen molar-refractivity contribution < 1.29 is 14.2 Å². The van der Waals surface area contributed by atoms with E-state index in [1.165, 1.54) is 6.20 Å². The van der Waals surface area contributed by atoms with Gasteiger partial charge in [-0.05, 0) is 42.7 Å². The Bertz CT molecular complexity index is 937. The molecule has 3 unspecified atom stereocenters. The zero-order valence-electron chi connectivity index (χ0n) is 14.6. The van der Waals surface area contributed by atoms with E-state index in [-0.39, 0.29) is 18.1 Å². The van der Waals surface area contributed by atoms with Gasteiger partial charge in [0.2, 0.25) is 5.95 Å². The molecule has 5 rings (SSSR count). The summed E-state index contributed by atoms with van der Waals surface area (Å²) >= 11 is 1.55. The molecule has 7 heteroatoms. The highest BCUT2D eigenvalue weighted by Crippen LogP contribution is 2.54. The van der Waals surface area contributed by atoms with E-state index < -0.39 is 11.5 Å². The van der Waals surface area contributed by atoms with Gasteiger partial charge in [-0.15, -0.1) is 0 Å². The molecular weight excluding hydrogens is 365 g/mol. The van der Waals surface area contributed by atoms with Crippen molar-refractivity contribution in [2.75, 3.05) is 5.75 Å². The van der Waals surface area contributed by atoms with Crippen molar-refractivity contribution in [1.82, 2.24) is 4.98 Å². The summed E-state index contributed by atoms with van der Waals surface area (Å²) in [4.78, 5) is 8.64. The van der Waals surface area contributed by atoms with Gasteiger partial charge in [-0.3, -0.25) is 0 Å². The third-order valence-corrected chi connectivity index (χ3v) is 6.89. The highest BCUT2D eigenvalue weighted by atomic mass is 32.2. The molecule has 1 fully saturated rings. The second-order valence-corrected chi connectivity index (χ2v) is 8.44. The summed E-state index contributed by atoms with van der Waals surface area (Å²) in [5, 5.41) is 10.7. The summed E-state index contributed by atoms with van der Waals surface area (Å²) < 4.78 is 20.5. The first-order valence-corrected chi connectivity index (χ1v) is 10.1. The predicted molar refractivity (Wildman–Crippen MR) is 103 cm³/mol. The van der Waals surface area contributed by atoms with E-state index in [4.69, 9.17) is 15.5 Å². The van der Waals surface area contributed by atoms with Gasteiger partial charge in [0, 0.05) is 35.4 Å². The molecule has 3 N–H and O–H groups in total. The van der Waals surface area contributed by atoms with Crippen LogP contribution in [0.2, 0.25) is 0 Å². The summed E-state index contributed by atoms with van der Waals surface area (Å²) in [5.74, 6) is 1.14. The van der Waals surface area contributed by atoms with Gasteiger partial charge in [0.05, 0.1) is 6.10 Å². The molecule has 1 aromatic carbocycles. The Labute approximate surface area is 160 Å². The van der Waals surface area contributed by atoms with Crippen molar-refractivity contribution >= 4 is 16.9 Å². The SMILES string of the molecule is NC1=NC2(CS1)c1cc(-c3cccnc3F)ccc1O[C@@H]1CC(O)CCC12. The first-order chi connectivity index (χ1) is 13.1. The summed E-state index contributed by atoms with van der Waals surface area (Å²) in [6.45, 7) is 0. The molecule has 2 aromatic rings. The number of thioether (sulfide) groups is 1. The first kappa shape index (κ1) is 17.0. The van der Waals surface area contributed by atoms with Crippen LogP contribution in [0.5, 0.6) is 5.75 Å². The highest BCUT2D eigenvalue weighted by molar-refractivity contribution is 8.14. The molecule has 3 aliphatic rings. The Morgan fingerprint density at radius 1 is 1.30 bits per heavy atom. The van der Waals surface area contributed by atoms with Crippen LogP contribution < -0.4 is 10.5 Å². The number of ether oxygens (including phenoxy) is 1. The van der Waals surface area contributed by atoms with Crippen molar-refractivity contribution in [3.05, 3.63) is 48.0 Å². The van der Waals surface area contributed by atoms with E-state index in [0.717, 1.165) is 35.5 Å². The van der Waals surface area contributed by atoms with Crippen molar-refractivity contribution in [1.29, 1.82) is 0 Å². The molecule has 27 heavy (non-hydrogen) atoms. The number of nitrogens with zero attached hydrogens (tertiary/aromatic N) is 2. The van der Waals surface area contributed by atoms with Gasteiger partial charge in [0.1, 0.15) is 17.4 Å². The molecule has 0 bridgehead atoms. The number of amidine groups is 1. The molecule has 1 aliphatic carbocycles. The normalized spacial score (nSPS) is 31.8. The van der Waals surface area contributed by atoms with Crippen molar-refractivity contribution in [3.63, 3.8) is 0 Å². The summed E-state index contributed by atoms with van der Waals surface area (Å²) in [6.07, 6.45) is 3.18. The van der Waals surface area contributed by atoms with Gasteiger partial charge >= 0.3 is 0 Å². The van der Waals surface area contributed by atoms with Crippen LogP contribution in [0.4, 0.5) is 4.39 Å². The maximum absolute atomic E-state index is 14.2. The van der Waals surface area contributed by atoms with Gasteiger partial charge in [0.25, 0.3) is 0 Å². The number of aliphatic hydroxyl groups excluding tert-OH is 1. The average Bonchev–Trinajstić information content (AvgIpc) is 3.04. The number of aliphatic imine (C=N–C) groups is 1. The lowest BCUT2D eigenvalue weighted by Crippen LogP contribution is -2.51. The van der Waals surface area contributed by atoms with Crippen LogP contribution in [0.25, 0.3) is 11.1 Å². The number of rotatable bonds is 1. The van der Waals surface area contributed by atoms with Crippen molar-refractivity contribution in [2.45, 2.75) is 37.0 Å². The lowest BCUT2D eigenvalue weighted by molar-refractivity contribution is -0.0246. The van der Waals surface area contributed by atoms with Gasteiger partial charge in [-0.1, -0.05) is 17.8 Å². The molecule has 0 radical (unpaired) electrons. The number of fused-ring (bicyclic) bond motifs is 4. The number of benzene rings is 1. The maximum Gasteiger partial charge on any atom is 0.220 e. The fourth-order valence-electron chi connectivity index (χ4n) is 4.66. The number of hydrogen-bond donors (Lipinski definition) is 2. The topological polar surface area (TPSA) is 80.7 Å². The van der Waals surface area contributed by atoms with Gasteiger partial charge in [-0.2, -0.15) is 4.39 Å². The first-order valence-electron chi connectivity index (χ1n) is 9.15. The Morgan fingerprint density at radius 3 is 2.96 bits per heavy atom. The van der Waals surface area contributed by atoms with E-state index in [1.807, 2.05) is 18.2 Å². The third-order valence-electron chi connectivity index (χ3n) is 5.92. The molecule has 140 valence electrons. The molecular formula is C20H20FN3O2S. The number of nitrogens with two attached hydrogens (primary N) is 1. The fraction of sp³-hybridized carbons (Fsp3) is 0.400. The van der Waals surface area contributed by atoms with E-state index in [2.05, 4.69) is 4.98 Å².